The van der Waals surface area contributed by atoms with Crippen LogP contribution in [0.3, 0.4) is 0 Å². The third-order valence-corrected chi connectivity index (χ3v) is 6.31. The Balaban J connectivity index is 1.31. The molecule has 0 saturated carbocycles. The molecule has 6 heteroatoms. The van der Waals surface area contributed by atoms with E-state index in [1.54, 1.807) is 30.5 Å². The van der Waals surface area contributed by atoms with Gasteiger partial charge >= 0.3 is 0 Å². The van der Waals surface area contributed by atoms with Crippen molar-refractivity contribution in [3.05, 3.63) is 59.7 Å². The Bertz CT molecular complexity index is 830. The molecule has 2 aromatic rings. The van der Waals surface area contributed by atoms with E-state index in [2.05, 4.69) is 46.3 Å². The predicted molar refractivity (Wildman–Crippen MR) is 120 cm³/mol. The lowest BCUT2D eigenvalue weighted by Gasteiger charge is -2.36. The third kappa shape index (κ3) is 6.41. The van der Waals surface area contributed by atoms with E-state index in [1.165, 1.54) is 11.3 Å². The van der Waals surface area contributed by atoms with Crippen LogP contribution in [0.4, 0.5) is 5.69 Å². The number of carbonyl (C=O) groups excluding carboxylic acids is 1. The Morgan fingerprint density at radius 3 is 2.41 bits per heavy atom. The standard InChI is InChI=1S/C23H31N3O2S/c1-19-6-5-7-21(18-19)26-16-14-25(15-17-26)13-4-3-12-24-23(27)20-8-10-22(11-9-20)29(2)28/h5-11,18H,3-4,12-17H2,1-2H3,(H,24,27). The van der Waals surface area contributed by atoms with Gasteiger partial charge in [-0.15, -0.1) is 0 Å². The fraction of sp³-hybridized carbons (Fsp3) is 0.435. The van der Waals surface area contributed by atoms with Crippen LogP contribution in [0.25, 0.3) is 0 Å². The zero-order valence-electron chi connectivity index (χ0n) is 17.4. The van der Waals surface area contributed by atoms with Gasteiger partial charge in [0, 0.05) is 65.9 Å². The second-order valence-corrected chi connectivity index (χ2v) is 8.99. The molecule has 29 heavy (non-hydrogen) atoms. The van der Waals surface area contributed by atoms with Gasteiger partial charge in [0.2, 0.25) is 0 Å². The number of piperazine rings is 1. The minimum atomic E-state index is -1.01. The van der Waals surface area contributed by atoms with E-state index in [1.807, 2.05) is 0 Å². The predicted octanol–water partition coefficient (Wildman–Crippen LogP) is 3.06. The van der Waals surface area contributed by atoms with Gasteiger partial charge < -0.3 is 10.2 Å². The van der Waals surface area contributed by atoms with Crippen molar-refractivity contribution in [2.24, 2.45) is 0 Å². The largest absolute Gasteiger partial charge is 0.369 e. The smallest absolute Gasteiger partial charge is 0.251 e. The summed E-state index contributed by atoms with van der Waals surface area (Å²) in [6.45, 7) is 8.22. The average molecular weight is 414 g/mol. The molecule has 0 aliphatic carbocycles. The molecule has 1 N–H and O–H groups in total. The zero-order valence-corrected chi connectivity index (χ0v) is 18.2. The highest BCUT2D eigenvalue weighted by Crippen LogP contribution is 2.18. The van der Waals surface area contributed by atoms with Crippen molar-refractivity contribution >= 4 is 22.4 Å². The highest BCUT2D eigenvalue weighted by Gasteiger charge is 2.16. The summed E-state index contributed by atoms with van der Waals surface area (Å²) in [4.78, 5) is 17.9. The van der Waals surface area contributed by atoms with Gasteiger partial charge in [0.05, 0.1) is 0 Å². The monoisotopic (exact) mass is 413 g/mol. The van der Waals surface area contributed by atoms with Crippen LogP contribution in [0.15, 0.2) is 53.4 Å². The second kappa shape index (κ2) is 10.6. The number of carbonyl (C=O) groups is 1. The molecule has 0 aromatic heterocycles. The van der Waals surface area contributed by atoms with E-state index in [0.29, 0.717) is 12.1 Å². The summed E-state index contributed by atoms with van der Waals surface area (Å²) in [5, 5.41) is 2.98. The number of benzene rings is 2. The summed E-state index contributed by atoms with van der Waals surface area (Å²) >= 11 is 0. The summed E-state index contributed by atoms with van der Waals surface area (Å²) in [6, 6.07) is 15.7. The fourth-order valence-corrected chi connectivity index (χ4v) is 4.14. The Hall–Kier alpha value is -2.18. The number of rotatable bonds is 8. The molecule has 1 amide bonds. The first-order chi connectivity index (χ1) is 14.0. The maximum atomic E-state index is 12.2. The maximum absolute atomic E-state index is 12.2. The van der Waals surface area contributed by atoms with E-state index in [0.717, 1.165) is 50.5 Å². The quantitative estimate of drug-likeness (QED) is 0.676. The summed E-state index contributed by atoms with van der Waals surface area (Å²) in [5.74, 6) is -0.0646. The van der Waals surface area contributed by atoms with Crippen molar-refractivity contribution < 1.29 is 9.00 Å². The highest BCUT2D eigenvalue weighted by atomic mass is 32.2. The van der Waals surface area contributed by atoms with Crippen LogP contribution in [0.5, 0.6) is 0 Å². The molecule has 156 valence electrons. The summed E-state index contributed by atoms with van der Waals surface area (Å²) in [5.41, 5.74) is 3.25. The first-order valence-corrected chi connectivity index (χ1v) is 11.8. The van der Waals surface area contributed by atoms with Crippen LogP contribution in [-0.4, -0.2) is 60.5 Å². The summed E-state index contributed by atoms with van der Waals surface area (Å²) < 4.78 is 11.4. The van der Waals surface area contributed by atoms with Crippen molar-refractivity contribution in [2.75, 3.05) is 50.4 Å². The molecule has 0 spiro atoms. The minimum Gasteiger partial charge on any atom is -0.369 e. The second-order valence-electron chi connectivity index (χ2n) is 7.61. The minimum absolute atomic E-state index is 0.0646. The van der Waals surface area contributed by atoms with E-state index in [4.69, 9.17) is 0 Å². The molecule has 1 saturated heterocycles. The number of nitrogens with zero attached hydrogens (tertiary/aromatic N) is 2. The molecule has 3 rings (SSSR count). The molecule has 1 aliphatic heterocycles. The van der Waals surface area contributed by atoms with E-state index >= 15 is 0 Å². The van der Waals surface area contributed by atoms with Crippen molar-refractivity contribution in [3.63, 3.8) is 0 Å². The lowest BCUT2D eigenvalue weighted by molar-refractivity contribution is 0.0952. The van der Waals surface area contributed by atoms with Gasteiger partial charge in [-0.1, -0.05) is 12.1 Å². The van der Waals surface area contributed by atoms with E-state index < -0.39 is 10.8 Å². The number of unbranched alkanes of at least 4 members (excludes halogenated alkanes) is 1. The molecule has 1 atom stereocenters. The number of aryl methyl sites for hydroxylation is 1. The number of anilines is 1. The summed E-state index contributed by atoms with van der Waals surface area (Å²) in [7, 11) is -1.01. The van der Waals surface area contributed by atoms with Crippen LogP contribution in [0.1, 0.15) is 28.8 Å². The van der Waals surface area contributed by atoms with E-state index in [9.17, 15) is 9.00 Å². The number of hydrogen-bond acceptors (Lipinski definition) is 4. The van der Waals surface area contributed by atoms with Gasteiger partial charge in [-0.2, -0.15) is 0 Å². The maximum Gasteiger partial charge on any atom is 0.251 e. The van der Waals surface area contributed by atoms with Gasteiger partial charge in [0.25, 0.3) is 5.91 Å². The van der Waals surface area contributed by atoms with Gasteiger partial charge in [0.1, 0.15) is 0 Å². The molecule has 1 fully saturated rings. The summed E-state index contributed by atoms with van der Waals surface area (Å²) in [6.07, 6.45) is 3.69. The molecule has 0 bridgehead atoms. The average Bonchev–Trinajstić information content (AvgIpc) is 2.74. The molecule has 2 aromatic carbocycles. The zero-order chi connectivity index (χ0) is 20.6. The van der Waals surface area contributed by atoms with Crippen molar-refractivity contribution in [2.45, 2.75) is 24.7 Å². The normalized spacial score (nSPS) is 15.9. The van der Waals surface area contributed by atoms with Crippen LogP contribution in [0.2, 0.25) is 0 Å². The van der Waals surface area contributed by atoms with Crippen molar-refractivity contribution in [1.82, 2.24) is 10.2 Å². The molecule has 1 unspecified atom stereocenters. The van der Waals surface area contributed by atoms with Gasteiger partial charge in [-0.25, -0.2) is 0 Å². The van der Waals surface area contributed by atoms with Crippen molar-refractivity contribution in [1.29, 1.82) is 0 Å². The Kier molecular flexibility index (Phi) is 7.83. The SMILES string of the molecule is Cc1cccc(N2CCN(CCCCNC(=O)c3ccc(S(C)=O)cc3)CC2)c1. The van der Waals surface area contributed by atoms with Crippen LogP contribution < -0.4 is 10.2 Å². The van der Waals surface area contributed by atoms with Gasteiger partial charge in [-0.05, 0) is 68.3 Å². The molecular weight excluding hydrogens is 382 g/mol. The molecule has 1 heterocycles. The fourth-order valence-electron chi connectivity index (χ4n) is 3.62. The van der Waals surface area contributed by atoms with E-state index in [-0.39, 0.29) is 5.91 Å². The van der Waals surface area contributed by atoms with Crippen LogP contribution >= 0.6 is 0 Å². The van der Waals surface area contributed by atoms with Crippen LogP contribution in [0, 0.1) is 6.92 Å². The molecule has 1 aliphatic rings. The molecule has 0 radical (unpaired) electrons. The number of amides is 1. The van der Waals surface area contributed by atoms with Crippen LogP contribution in [-0.2, 0) is 10.8 Å². The van der Waals surface area contributed by atoms with Gasteiger partial charge in [0.15, 0.2) is 0 Å². The Labute approximate surface area is 176 Å². The highest BCUT2D eigenvalue weighted by molar-refractivity contribution is 7.84. The molecule has 5 nitrogen and oxygen atoms in total. The number of nitrogens with one attached hydrogen (secondary N) is 1. The Morgan fingerprint density at radius 2 is 1.76 bits per heavy atom. The Morgan fingerprint density at radius 1 is 1.03 bits per heavy atom. The molecular formula is C23H31N3O2S. The third-order valence-electron chi connectivity index (χ3n) is 5.37. The van der Waals surface area contributed by atoms with Crippen molar-refractivity contribution in [3.8, 4) is 0 Å². The first kappa shape index (κ1) is 21.5. The van der Waals surface area contributed by atoms with Gasteiger partial charge in [-0.3, -0.25) is 13.9 Å². The first-order valence-electron chi connectivity index (χ1n) is 10.3. The lowest BCUT2D eigenvalue weighted by atomic mass is 10.2. The lowest BCUT2D eigenvalue weighted by Crippen LogP contribution is -2.46. The number of hydrogen-bond donors (Lipinski definition) is 1. The topological polar surface area (TPSA) is 52.6 Å².